The maximum atomic E-state index is 12.1. The Bertz CT molecular complexity index is 691. The van der Waals surface area contributed by atoms with Gasteiger partial charge in [0.2, 0.25) is 0 Å². The van der Waals surface area contributed by atoms with Gasteiger partial charge in [0.05, 0.1) is 0 Å². The van der Waals surface area contributed by atoms with Crippen LogP contribution >= 0.6 is 0 Å². The fourth-order valence-electron chi connectivity index (χ4n) is 2.40. The van der Waals surface area contributed by atoms with E-state index in [1.165, 1.54) is 24.3 Å². The van der Waals surface area contributed by atoms with Crippen molar-refractivity contribution in [1.29, 1.82) is 0 Å². The third-order valence-corrected chi connectivity index (χ3v) is 3.59. The molecule has 0 radical (unpaired) electrons. The van der Waals surface area contributed by atoms with E-state index in [1.54, 1.807) is 0 Å². The van der Waals surface area contributed by atoms with Gasteiger partial charge in [0, 0.05) is 18.3 Å². The Morgan fingerprint density at radius 2 is 1.73 bits per heavy atom. The molecule has 0 saturated heterocycles. The highest BCUT2D eigenvalue weighted by Gasteiger charge is 2.30. The predicted octanol–water partition coefficient (Wildman–Crippen LogP) is 4.27. The summed E-state index contributed by atoms with van der Waals surface area (Å²) in [7, 11) is 0. The molecule has 5 nitrogen and oxygen atoms in total. The first-order valence-corrected chi connectivity index (χ1v) is 7.95. The molecule has 1 atom stereocenters. The lowest BCUT2D eigenvalue weighted by atomic mass is 10.1. The molecule has 0 aliphatic heterocycles. The minimum atomic E-state index is -4.73. The van der Waals surface area contributed by atoms with Gasteiger partial charge in [0.1, 0.15) is 5.75 Å². The molecule has 2 aromatic carbocycles. The lowest BCUT2D eigenvalue weighted by molar-refractivity contribution is -0.274. The van der Waals surface area contributed by atoms with Crippen LogP contribution in [0, 0.1) is 0 Å². The topological polar surface area (TPSA) is 70.6 Å². The maximum absolute atomic E-state index is 12.1. The summed E-state index contributed by atoms with van der Waals surface area (Å²) in [5.74, 6) is -0.313. The number of amides is 1. The average Bonchev–Trinajstić information content (AvgIpc) is 2.58. The number of alkyl halides is 3. The fourth-order valence-corrected chi connectivity index (χ4v) is 2.40. The molecule has 140 valence electrons. The number of hydrogen-bond donors (Lipinski definition) is 3. The summed E-state index contributed by atoms with van der Waals surface area (Å²) in [6, 6.07) is 14.6. The highest BCUT2D eigenvalue weighted by molar-refractivity contribution is 5.65. The SMILES string of the molecule is O=C(O)N[C@@H](CCc1ccccc1)CNc1ccc(OC(F)(F)F)cc1. The first-order chi connectivity index (χ1) is 12.3. The number of carboxylic acid groups (broad SMARTS) is 1. The van der Waals surface area contributed by atoms with E-state index < -0.39 is 12.5 Å². The Morgan fingerprint density at radius 3 is 2.31 bits per heavy atom. The van der Waals surface area contributed by atoms with E-state index in [2.05, 4.69) is 15.4 Å². The monoisotopic (exact) mass is 368 g/mol. The molecule has 0 saturated carbocycles. The van der Waals surface area contributed by atoms with Crippen molar-refractivity contribution in [3.63, 3.8) is 0 Å². The molecule has 3 N–H and O–H groups in total. The molecule has 26 heavy (non-hydrogen) atoms. The number of hydrogen-bond acceptors (Lipinski definition) is 3. The Kier molecular flexibility index (Phi) is 6.71. The number of nitrogens with one attached hydrogen (secondary N) is 2. The van der Waals surface area contributed by atoms with Crippen molar-refractivity contribution in [2.45, 2.75) is 25.2 Å². The van der Waals surface area contributed by atoms with Crippen LogP contribution in [0.5, 0.6) is 5.75 Å². The van der Waals surface area contributed by atoms with Gasteiger partial charge < -0.3 is 20.5 Å². The molecule has 0 spiro atoms. The largest absolute Gasteiger partial charge is 0.573 e. The molecule has 0 bridgehead atoms. The van der Waals surface area contributed by atoms with E-state index in [0.717, 1.165) is 5.56 Å². The van der Waals surface area contributed by atoms with Gasteiger partial charge >= 0.3 is 12.5 Å². The van der Waals surface area contributed by atoms with Crippen molar-refractivity contribution in [3.8, 4) is 5.75 Å². The van der Waals surface area contributed by atoms with Gasteiger partial charge in [-0.05, 0) is 42.7 Å². The Morgan fingerprint density at radius 1 is 1.08 bits per heavy atom. The third-order valence-electron chi connectivity index (χ3n) is 3.59. The summed E-state index contributed by atoms with van der Waals surface area (Å²) in [6.45, 7) is 0.304. The van der Waals surface area contributed by atoms with Crippen molar-refractivity contribution in [2.75, 3.05) is 11.9 Å². The van der Waals surface area contributed by atoms with Gasteiger partial charge in [-0.15, -0.1) is 13.2 Å². The zero-order valence-corrected chi connectivity index (χ0v) is 13.8. The number of ether oxygens (including phenoxy) is 1. The Hall–Kier alpha value is -2.90. The van der Waals surface area contributed by atoms with Crippen LogP contribution in [0.15, 0.2) is 54.6 Å². The molecule has 2 rings (SSSR count). The van der Waals surface area contributed by atoms with Crippen molar-refractivity contribution < 1.29 is 27.8 Å². The van der Waals surface area contributed by atoms with Crippen LogP contribution in [-0.2, 0) is 6.42 Å². The van der Waals surface area contributed by atoms with Crippen molar-refractivity contribution in [3.05, 3.63) is 60.2 Å². The van der Waals surface area contributed by atoms with Crippen molar-refractivity contribution >= 4 is 11.8 Å². The second kappa shape index (κ2) is 8.98. The molecular formula is C18H19F3N2O3. The number of halogens is 3. The second-order valence-corrected chi connectivity index (χ2v) is 5.62. The summed E-state index contributed by atoms with van der Waals surface area (Å²) in [5, 5.41) is 14.4. The molecule has 2 aromatic rings. The Balaban J connectivity index is 1.88. The first-order valence-electron chi connectivity index (χ1n) is 7.95. The highest BCUT2D eigenvalue weighted by Crippen LogP contribution is 2.24. The second-order valence-electron chi connectivity index (χ2n) is 5.62. The quantitative estimate of drug-likeness (QED) is 0.651. The lowest BCUT2D eigenvalue weighted by Gasteiger charge is -2.18. The molecular weight excluding hydrogens is 349 g/mol. The molecule has 0 aromatic heterocycles. The summed E-state index contributed by atoms with van der Waals surface area (Å²) >= 11 is 0. The van der Waals surface area contributed by atoms with Gasteiger partial charge in [-0.2, -0.15) is 0 Å². The first kappa shape index (κ1) is 19.4. The summed E-state index contributed by atoms with van der Waals surface area (Å²) in [5.41, 5.74) is 1.66. The van der Waals surface area contributed by atoms with Gasteiger partial charge in [0.15, 0.2) is 0 Å². The Labute approximate surface area is 148 Å². The minimum absolute atomic E-state index is 0.304. The molecule has 0 fully saturated rings. The zero-order chi connectivity index (χ0) is 19.0. The average molecular weight is 368 g/mol. The number of rotatable bonds is 8. The number of aryl methyl sites for hydroxylation is 1. The highest BCUT2D eigenvalue weighted by atomic mass is 19.4. The number of carbonyl (C=O) groups is 1. The summed E-state index contributed by atoms with van der Waals surface area (Å²) < 4.78 is 40.2. The van der Waals surface area contributed by atoms with E-state index in [-0.39, 0.29) is 11.8 Å². The molecule has 8 heteroatoms. The zero-order valence-electron chi connectivity index (χ0n) is 13.8. The van der Waals surface area contributed by atoms with Crippen molar-refractivity contribution in [2.24, 2.45) is 0 Å². The van der Waals surface area contributed by atoms with E-state index in [0.29, 0.717) is 25.1 Å². The normalized spacial score (nSPS) is 12.3. The number of anilines is 1. The van der Waals surface area contributed by atoms with Crippen LogP contribution in [0.4, 0.5) is 23.7 Å². The van der Waals surface area contributed by atoms with Crippen LogP contribution in [-0.4, -0.2) is 30.1 Å². The molecule has 0 aliphatic rings. The molecule has 1 amide bonds. The summed E-state index contributed by atoms with van der Waals surface area (Å²) in [6.07, 6.45) is -4.58. The van der Waals surface area contributed by atoms with Crippen molar-refractivity contribution in [1.82, 2.24) is 5.32 Å². The van der Waals surface area contributed by atoms with Crippen LogP contribution < -0.4 is 15.4 Å². The van der Waals surface area contributed by atoms with E-state index in [4.69, 9.17) is 5.11 Å². The molecule has 0 aliphatic carbocycles. The van der Waals surface area contributed by atoms with Gasteiger partial charge in [-0.1, -0.05) is 30.3 Å². The van der Waals surface area contributed by atoms with Crippen LogP contribution in [0.2, 0.25) is 0 Å². The standard InChI is InChI=1S/C18H19F3N2O3/c19-18(20,21)26-16-10-8-14(9-11-16)22-12-15(23-17(24)25)7-6-13-4-2-1-3-5-13/h1-5,8-11,15,22-23H,6-7,12H2,(H,24,25)/t15-/m0/s1. The maximum Gasteiger partial charge on any atom is 0.573 e. The lowest BCUT2D eigenvalue weighted by Crippen LogP contribution is -2.39. The predicted molar refractivity (Wildman–Crippen MR) is 91.3 cm³/mol. The van der Waals surface area contributed by atoms with E-state index in [9.17, 15) is 18.0 Å². The fraction of sp³-hybridized carbons (Fsp3) is 0.278. The van der Waals surface area contributed by atoms with Crippen LogP contribution in [0.1, 0.15) is 12.0 Å². The van der Waals surface area contributed by atoms with Crippen LogP contribution in [0.3, 0.4) is 0 Å². The van der Waals surface area contributed by atoms with Gasteiger partial charge in [-0.3, -0.25) is 0 Å². The third kappa shape index (κ3) is 7.33. The van der Waals surface area contributed by atoms with Crippen LogP contribution in [0.25, 0.3) is 0 Å². The summed E-state index contributed by atoms with van der Waals surface area (Å²) in [4.78, 5) is 10.9. The van der Waals surface area contributed by atoms with Gasteiger partial charge in [0.25, 0.3) is 0 Å². The van der Waals surface area contributed by atoms with E-state index in [1.807, 2.05) is 30.3 Å². The smallest absolute Gasteiger partial charge is 0.465 e. The van der Waals surface area contributed by atoms with E-state index >= 15 is 0 Å². The van der Waals surface area contributed by atoms with Gasteiger partial charge in [-0.25, -0.2) is 4.79 Å². The minimum Gasteiger partial charge on any atom is -0.465 e. The molecule has 0 heterocycles. The number of benzene rings is 2. The molecule has 0 unspecified atom stereocenters.